The number of carbonyl (C=O) groups excluding carboxylic acids is 1. The van der Waals surface area contributed by atoms with Gasteiger partial charge in [0.2, 0.25) is 0 Å². The van der Waals surface area contributed by atoms with Gasteiger partial charge in [-0.1, -0.05) is 12.1 Å². The van der Waals surface area contributed by atoms with Crippen LogP contribution in [0.15, 0.2) is 24.3 Å². The maximum Gasteiger partial charge on any atom is 0.317 e. The van der Waals surface area contributed by atoms with E-state index in [9.17, 15) is 9.90 Å². The number of nitrogens with one attached hydrogen (secondary N) is 1. The SMILES string of the molecule is Cc1nc2ccccc2n1CCCNC(=O)N(C)CC(C)O. The van der Waals surface area contributed by atoms with Crippen molar-refractivity contribution in [1.29, 1.82) is 0 Å². The van der Waals surface area contributed by atoms with Crippen molar-refractivity contribution in [2.75, 3.05) is 20.1 Å². The molecule has 2 N–H and O–H groups in total. The molecule has 1 heterocycles. The highest BCUT2D eigenvalue weighted by Gasteiger charge is 2.10. The Labute approximate surface area is 130 Å². The highest BCUT2D eigenvalue weighted by atomic mass is 16.3. The van der Waals surface area contributed by atoms with Gasteiger partial charge in [-0.25, -0.2) is 9.78 Å². The van der Waals surface area contributed by atoms with Crippen LogP contribution in [0.25, 0.3) is 11.0 Å². The smallest absolute Gasteiger partial charge is 0.317 e. The van der Waals surface area contributed by atoms with Gasteiger partial charge in [-0.05, 0) is 32.4 Å². The Morgan fingerprint density at radius 3 is 2.91 bits per heavy atom. The zero-order valence-electron chi connectivity index (χ0n) is 13.4. The zero-order valence-corrected chi connectivity index (χ0v) is 13.4. The molecule has 0 aliphatic heterocycles. The molecule has 0 saturated carbocycles. The van der Waals surface area contributed by atoms with Crippen molar-refractivity contribution in [2.45, 2.75) is 32.9 Å². The number of benzene rings is 1. The lowest BCUT2D eigenvalue weighted by atomic mass is 10.3. The molecule has 1 aromatic heterocycles. The van der Waals surface area contributed by atoms with Gasteiger partial charge in [-0.15, -0.1) is 0 Å². The molecule has 6 nitrogen and oxygen atoms in total. The number of aliphatic hydroxyl groups is 1. The summed E-state index contributed by atoms with van der Waals surface area (Å²) in [5.41, 5.74) is 2.12. The Hall–Kier alpha value is -2.08. The molecule has 6 heteroatoms. The van der Waals surface area contributed by atoms with Gasteiger partial charge in [0.05, 0.1) is 17.1 Å². The van der Waals surface area contributed by atoms with Crippen molar-refractivity contribution >= 4 is 17.1 Å². The summed E-state index contributed by atoms with van der Waals surface area (Å²) in [6.07, 6.45) is 0.311. The van der Waals surface area contributed by atoms with Gasteiger partial charge >= 0.3 is 6.03 Å². The lowest BCUT2D eigenvalue weighted by Gasteiger charge is -2.19. The minimum atomic E-state index is -0.518. The Morgan fingerprint density at radius 2 is 2.18 bits per heavy atom. The first-order valence-electron chi connectivity index (χ1n) is 7.58. The average Bonchev–Trinajstić information content (AvgIpc) is 2.78. The molecule has 0 fully saturated rings. The number of hydrogen-bond acceptors (Lipinski definition) is 3. The summed E-state index contributed by atoms with van der Waals surface area (Å²) >= 11 is 0. The van der Waals surface area contributed by atoms with E-state index in [1.165, 1.54) is 4.90 Å². The highest BCUT2D eigenvalue weighted by Crippen LogP contribution is 2.15. The maximum atomic E-state index is 11.8. The monoisotopic (exact) mass is 304 g/mol. The molecule has 2 amide bonds. The van der Waals surface area contributed by atoms with E-state index in [4.69, 9.17) is 0 Å². The van der Waals surface area contributed by atoms with Crippen LogP contribution in [0.2, 0.25) is 0 Å². The number of amides is 2. The van der Waals surface area contributed by atoms with E-state index in [0.717, 1.165) is 29.8 Å². The Balaban J connectivity index is 1.83. The molecule has 120 valence electrons. The predicted molar refractivity (Wildman–Crippen MR) is 86.8 cm³/mol. The Morgan fingerprint density at radius 1 is 1.45 bits per heavy atom. The standard InChI is InChI=1S/C16H24N4O2/c1-12(21)11-19(3)16(22)17-9-6-10-20-13(2)18-14-7-4-5-8-15(14)20/h4-5,7-8,12,21H,6,9-11H2,1-3H3,(H,17,22). The summed E-state index contributed by atoms with van der Waals surface area (Å²) in [5.74, 6) is 0.985. The van der Waals surface area contributed by atoms with E-state index in [1.807, 2.05) is 25.1 Å². The average molecular weight is 304 g/mol. The van der Waals surface area contributed by atoms with E-state index in [1.54, 1.807) is 14.0 Å². The summed E-state index contributed by atoms with van der Waals surface area (Å²) in [6, 6.07) is 7.90. The quantitative estimate of drug-likeness (QED) is 0.799. The summed E-state index contributed by atoms with van der Waals surface area (Å²) in [5, 5.41) is 12.1. The third-order valence-electron chi connectivity index (χ3n) is 3.56. The van der Waals surface area contributed by atoms with E-state index in [2.05, 4.69) is 20.9 Å². The second kappa shape index (κ2) is 7.26. The predicted octanol–water partition coefficient (Wildman–Crippen LogP) is 1.76. The highest BCUT2D eigenvalue weighted by molar-refractivity contribution is 5.76. The molecule has 22 heavy (non-hydrogen) atoms. The van der Waals surface area contributed by atoms with Crippen LogP contribution in [0.5, 0.6) is 0 Å². The minimum Gasteiger partial charge on any atom is -0.392 e. The van der Waals surface area contributed by atoms with Crippen LogP contribution < -0.4 is 5.32 Å². The molecule has 0 aliphatic carbocycles. The summed E-state index contributed by atoms with van der Waals surface area (Å²) in [4.78, 5) is 17.8. The number of fused-ring (bicyclic) bond motifs is 1. The van der Waals surface area contributed by atoms with Crippen LogP contribution in [-0.4, -0.2) is 51.8 Å². The Bertz CT molecular complexity index is 636. The summed E-state index contributed by atoms with van der Waals surface area (Å²) in [6.45, 7) is 5.39. The number of imidazole rings is 1. The number of hydrogen-bond donors (Lipinski definition) is 2. The van der Waals surface area contributed by atoms with Gasteiger partial charge in [0.25, 0.3) is 0 Å². The molecule has 2 rings (SSSR count). The first-order chi connectivity index (χ1) is 10.5. The molecule has 1 atom stereocenters. The number of urea groups is 1. The van der Waals surface area contributed by atoms with Crippen LogP contribution >= 0.6 is 0 Å². The lowest BCUT2D eigenvalue weighted by Crippen LogP contribution is -2.41. The Kier molecular flexibility index (Phi) is 5.38. The van der Waals surface area contributed by atoms with E-state index in [0.29, 0.717) is 13.1 Å². The van der Waals surface area contributed by atoms with Crippen LogP contribution in [0.3, 0.4) is 0 Å². The first-order valence-corrected chi connectivity index (χ1v) is 7.58. The molecular weight excluding hydrogens is 280 g/mol. The lowest BCUT2D eigenvalue weighted by molar-refractivity contribution is 0.144. The number of likely N-dealkylation sites (N-methyl/N-ethyl adjacent to an activating group) is 1. The van der Waals surface area contributed by atoms with Crippen LogP contribution in [0.1, 0.15) is 19.2 Å². The molecule has 0 aliphatic rings. The fourth-order valence-corrected chi connectivity index (χ4v) is 2.52. The molecule has 1 aromatic carbocycles. The van der Waals surface area contributed by atoms with Crippen molar-refractivity contribution in [3.63, 3.8) is 0 Å². The fourth-order valence-electron chi connectivity index (χ4n) is 2.52. The van der Waals surface area contributed by atoms with Gasteiger partial charge in [0.1, 0.15) is 5.82 Å². The normalized spacial score (nSPS) is 12.4. The third kappa shape index (κ3) is 3.98. The van der Waals surface area contributed by atoms with Crippen LogP contribution in [0.4, 0.5) is 4.79 Å². The molecule has 1 unspecified atom stereocenters. The minimum absolute atomic E-state index is 0.159. The van der Waals surface area contributed by atoms with Gasteiger partial charge in [-0.3, -0.25) is 0 Å². The largest absolute Gasteiger partial charge is 0.392 e. The van der Waals surface area contributed by atoms with Crippen molar-refractivity contribution in [1.82, 2.24) is 19.8 Å². The number of rotatable bonds is 6. The number of aliphatic hydroxyl groups excluding tert-OH is 1. The number of nitrogens with zero attached hydrogens (tertiary/aromatic N) is 3. The van der Waals surface area contributed by atoms with Gasteiger partial charge in [0, 0.05) is 26.7 Å². The molecule has 0 saturated heterocycles. The van der Waals surface area contributed by atoms with E-state index in [-0.39, 0.29) is 6.03 Å². The first kappa shape index (κ1) is 16.3. The van der Waals surface area contributed by atoms with Crippen molar-refractivity contribution in [2.24, 2.45) is 0 Å². The van der Waals surface area contributed by atoms with Crippen LogP contribution in [0, 0.1) is 6.92 Å². The summed E-state index contributed by atoms with van der Waals surface area (Å²) in [7, 11) is 1.68. The van der Waals surface area contributed by atoms with Gasteiger partial charge in [-0.2, -0.15) is 0 Å². The molecule has 2 aromatic rings. The van der Waals surface area contributed by atoms with E-state index < -0.39 is 6.10 Å². The number of aryl methyl sites for hydroxylation is 2. The molecule has 0 bridgehead atoms. The van der Waals surface area contributed by atoms with E-state index >= 15 is 0 Å². The maximum absolute atomic E-state index is 11.8. The number of para-hydroxylation sites is 2. The van der Waals surface area contributed by atoms with Crippen molar-refractivity contribution in [3.8, 4) is 0 Å². The molecular formula is C16H24N4O2. The van der Waals surface area contributed by atoms with Crippen molar-refractivity contribution in [3.05, 3.63) is 30.1 Å². The molecule has 0 spiro atoms. The molecule has 0 radical (unpaired) electrons. The number of aromatic nitrogens is 2. The van der Waals surface area contributed by atoms with Crippen LogP contribution in [-0.2, 0) is 6.54 Å². The second-order valence-corrected chi connectivity index (χ2v) is 5.61. The third-order valence-corrected chi connectivity index (χ3v) is 3.56. The summed E-state index contributed by atoms with van der Waals surface area (Å²) < 4.78 is 2.17. The fraction of sp³-hybridized carbons (Fsp3) is 0.500. The topological polar surface area (TPSA) is 70.4 Å². The van der Waals surface area contributed by atoms with Gasteiger partial charge in [0.15, 0.2) is 0 Å². The van der Waals surface area contributed by atoms with Crippen molar-refractivity contribution < 1.29 is 9.90 Å². The second-order valence-electron chi connectivity index (χ2n) is 5.61. The number of carbonyl (C=O) groups is 1. The van der Waals surface area contributed by atoms with Gasteiger partial charge < -0.3 is 19.9 Å². The zero-order chi connectivity index (χ0) is 16.1.